The van der Waals surface area contributed by atoms with Gasteiger partial charge < -0.3 is 4.90 Å². The van der Waals surface area contributed by atoms with Crippen LogP contribution in [0.5, 0.6) is 0 Å². The number of hydrogen-bond donors (Lipinski definition) is 0. The average molecular weight is 395 g/mol. The van der Waals surface area contributed by atoms with E-state index in [1.807, 2.05) is 91.8 Å². The van der Waals surface area contributed by atoms with Gasteiger partial charge in [0.2, 0.25) is 10.0 Å². The number of nitrogens with zero attached hydrogens (tertiary/aromatic N) is 2. The van der Waals surface area contributed by atoms with E-state index >= 15 is 0 Å². The van der Waals surface area contributed by atoms with E-state index in [1.54, 1.807) is 16.4 Å². The molecule has 5 heteroatoms. The van der Waals surface area contributed by atoms with Gasteiger partial charge >= 0.3 is 0 Å². The van der Waals surface area contributed by atoms with Crippen LogP contribution in [-0.2, 0) is 16.6 Å². The highest BCUT2D eigenvalue weighted by Gasteiger charge is 2.24. The molecule has 0 aliphatic rings. The number of likely N-dealkylation sites (N-methyl/N-ethyl adjacent to an activating group) is 1. The quantitative estimate of drug-likeness (QED) is 0.577. The van der Waals surface area contributed by atoms with Crippen molar-refractivity contribution in [2.45, 2.75) is 11.4 Å². The van der Waals surface area contributed by atoms with Crippen molar-refractivity contribution in [3.8, 4) is 11.1 Å². The molecule has 0 N–H and O–H groups in total. The Balaban J connectivity index is 1.87. The van der Waals surface area contributed by atoms with Crippen LogP contribution in [0.4, 0.5) is 0 Å². The van der Waals surface area contributed by atoms with Gasteiger partial charge in [-0.1, -0.05) is 72.8 Å². The molecule has 0 aliphatic carbocycles. The molecule has 0 aromatic heterocycles. The molecular weight excluding hydrogens is 368 g/mol. The molecule has 28 heavy (non-hydrogen) atoms. The van der Waals surface area contributed by atoms with Gasteiger partial charge in [-0.25, -0.2) is 8.42 Å². The van der Waals surface area contributed by atoms with Crippen LogP contribution in [0.2, 0.25) is 0 Å². The first kappa shape index (κ1) is 20.3. The predicted molar refractivity (Wildman–Crippen MR) is 114 cm³/mol. The molecule has 4 nitrogen and oxygen atoms in total. The maximum Gasteiger partial charge on any atom is 0.243 e. The second kappa shape index (κ2) is 9.15. The summed E-state index contributed by atoms with van der Waals surface area (Å²) in [5, 5.41) is 0. The first-order valence-corrected chi connectivity index (χ1v) is 10.7. The van der Waals surface area contributed by atoms with Crippen LogP contribution in [0.15, 0.2) is 89.8 Å². The lowest BCUT2D eigenvalue weighted by atomic mass is 10.1. The zero-order chi connectivity index (χ0) is 20.0. The Kier molecular flexibility index (Phi) is 6.62. The molecule has 0 unspecified atom stereocenters. The Labute approximate surface area is 168 Å². The van der Waals surface area contributed by atoms with Gasteiger partial charge in [-0.05, 0) is 42.9 Å². The van der Waals surface area contributed by atoms with Gasteiger partial charge in [0.05, 0.1) is 4.90 Å². The number of rotatable bonds is 8. The van der Waals surface area contributed by atoms with Crippen molar-refractivity contribution in [3.63, 3.8) is 0 Å². The van der Waals surface area contributed by atoms with Crippen LogP contribution >= 0.6 is 0 Å². The van der Waals surface area contributed by atoms with E-state index in [1.165, 1.54) is 0 Å². The van der Waals surface area contributed by atoms with Crippen molar-refractivity contribution in [3.05, 3.63) is 90.5 Å². The largest absolute Gasteiger partial charge is 0.308 e. The third-order valence-corrected chi connectivity index (χ3v) is 6.46. The van der Waals surface area contributed by atoms with E-state index in [0.717, 1.165) is 16.7 Å². The summed E-state index contributed by atoms with van der Waals surface area (Å²) in [6.45, 7) is 1.45. The van der Waals surface area contributed by atoms with Crippen molar-refractivity contribution < 1.29 is 8.42 Å². The molecule has 0 radical (unpaired) electrons. The van der Waals surface area contributed by atoms with E-state index in [-0.39, 0.29) is 0 Å². The minimum absolute atomic E-state index is 0.321. The van der Waals surface area contributed by atoms with E-state index in [2.05, 4.69) is 0 Å². The van der Waals surface area contributed by atoms with Crippen molar-refractivity contribution in [2.75, 3.05) is 27.2 Å². The average Bonchev–Trinajstić information content (AvgIpc) is 2.72. The van der Waals surface area contributed by atoms with Crippen molar-refractivity contribution in [1.29, 1.82) is 0 Å². The van der Waals surface area contributed by atoms with E-state index < -0.39 is 10.0 Å². The summed E-state index contributed by atoms with van der Waals surface area (Å²) in [6.07, 6.45) is 0. The third kappa shape index (κ3) is 5.07. The summed E-state index contributed by atoms with van der Waals surface area (Å²) in [6, 6.07) is 26.8. The molecule has 0 saturated heterocycles. The van der Waals surface area contributed by atoms with Crippen LogP contribution in [0.3, 0.4) is 0 Å². The van der Waals surface area contributed by atoms with Crippen LogP contribution < -0.4 is 0 Å². The van der Waals surface area contributed by atoms with Crippen molar-refractivity contribution in [1.82, 2.24) is 9.21 Å². The molecular formula is C23H26N2O2S. The second-order valence-corrected chi connectivity index (χ2v) is 8.96. The highest BCUT2D eigenvalue weighted by molar-refractivity contribution is 7.89. The summed E-state index contributed by atoms with van der Waals surface area (Å²) in [5.41, 5.74) is 3.05. The summed E-state index contributed by atoms with van der Waals surface area (Å²) in [7, 11) is 0.306. The molecule has 146 valence electrons. The Morgan fingerprint density at radius 2 is 1.21 bits per heavy atom. The van der Waals surface area contributed by atoms with Crippen molar-refractivity contribution >= 4 is 10.0 Å². The number of benzene rings is 3. The van der Waals surface area contributed by atoms with Gasteiger partial charge in [-0.15, -0.1) is 0 Å². The first-order chi connectivity index (χ1) is 13.5. The minimum Gasteiger partial charge on any atom is -0.308 e. The summed E-state index contributed by atoms with van der Waals surface area (Å²) < 4.78 is 28.2. The highest BCUT2D eigenvalue weighted by Crippen LogP contribution is 2.23. The van der Waals surface area contributed by atoms with Crippen LogP contribution in [0, 0.1) is 0 Å². The van der Waals surface area contributed by atoms with E-state index in [4.69, 9.17) is 0 Å². The molecule has 0 bridgehead atoms. The molecule has 0 heterocycles. The lowest BCUT2D eigenvalue weighted by Crippen LogP contribution is -2.36. The maximum atomic E-state index is 13.3. The molecule has 0 aliphatic heterocycles. The number of sulfonamides is 1. The first-order valence-electron chi connectivity index (χ1n) is 9.31. The maximum absolute atomic E-state index is 13.3. The monoisotopic (exact) mass is 394 g/mol. The minimum atomic E-state index is -3.59. The highest BCUT2D eigenvalue weighted by atomic mass is 32.2. The molecule has 0 saturated carbocycles. The zero-order valence-corrected chi connectivity index (χ0v) is 17.1. The molecule has 3 rings (SSSR count). The van der Waals surface area contributed by atoms with Gasteiger partial charge in [0.15, 0.2) is 0 Å². The van der Waals surface area contributed by atoms with Gasteiger partial charge in [0, 0.05) is 19.6 Å². The molecule has 3 aromatic rings. The van der Waals surface area contributed by atoms with Crippen LogP contribution in [-0.4, -0.2) is 44.8 Å². The van der Waals surface area contributed by atoms with Gasteiger partial charge in [0.25, 0.3) is 0 Å². The van der Waals surface area contributed by atoms with Crippen molar-refractivity contribution in [2.24, 2.45) is 0 Å². The normalized spacial score (nSPS) is 11.9. The Morgan fingerprint density at radius 3 is 1.79 bits per heavy atom. The zero-order valence-electron chi connectivity index (χ0n) is 16.3. The second-order valence-electron chi connectivity index (χ2n) is 7.02. The van der Waals surface area contributed by atoms with Gasteiger partial charge in [-0.2, -0.15) is 4.31 Å². The molecule has 0 atom stereocenters. The topological polar surface area (TPSA) is 40.6 Å². The van der Waals surface area contributed by atoms with Crippen LogP contribution in [0.25, 0.3) is 11.1 Å². The van der Waals surface area contributed by atoms with Crippen LogP contribution in [0.1, 0.15) is 5.56 Å². The smallest absolute Gasteiger partial charge is 0.243 e. The number of hydrogen-bond acceptors (Lipinski definition) is 3. The van der Waals surface area contributed by atoms with Gasteiger partial charge in [0.1, 0.15) is 0 Å². The Hall–Kier alpha value is -2.47. The SMILES string of the molecule is CN(C)CCN(Cc1ccccc1)S(=O)(=O)c1ccc(-c2ccccc2)cc1. The predicted octanol–water partition coefficient (Wildman–Crippen LogP) is 4.11. The fourth-order valence-corrected chi connectivity index (χ4v) is 4.40. The summed E-state index contributed by atoms with van der Waals surface area (Å²) in [4.78, 5) is 2.31. The Morgan fingerprint density at radius 1 is 0.679 bits per heavy atom. The fourth-order valence-electron chi connectivity index (χ4n) is 2.98. The van der Waals surface area contributed by atoms with E-state index in [9.17, 15) is 8.42 Å². The molecule has 3 aromatic carbocycles. The summed E-state index contributed by atoms with van der Waals surface area (Å²) in [5.74, 6) is 0. The Bertz CT molecular complexity index is 970. The third-order valence-electron chi connectivity index (χ3n) is 4.60. The summed E-state index contributed by atoms with van der Waals surface area (Å²) >= 11 is 0. The molecule has 0 spiro atoms. The lowest BCUT2D eigenvalue weighted by Gasteiger charge is -2.24. The fraction of sp³-hybridized carbons (Fsp3) is 0.217. The molecule has 0 amide bonds. The van der Waals surface area contributed by atoms with E-state index in [0.29, 0.717) is 24.5 Å². The van der Waals surface area contributed by atoms with Gasteiger partial charge in [-0.3, -0.25) is 0 Å². The molecule has 0 fully saturated rings. The lowest BCUT2D eigenvalue weighted by molar-refractivity contribution is 0.329. The standard InChI is InChI=1S/C23H26N2O2S/c1-24(2)17-18-25(19-20-9-5-3-6-10-20)28(26,27)23-15-13-22(14-16-23)21-11-7-4-8-12-21/h3-16H,17-19H2,1-2H3.